The molecule has 2 heterocycles. The molecule has 0 atom stereocenters. The predicted molar refractivity (Wildman–Crippen MR) is 340 cm³/mol. The van der Waals surface area contributed by atoms with Crippen LogP contribution in [-0.4, -0.2) is 131 Å². The molecule has 110 heavy (non-hydrogen) atoms. The van der Waals surface area contributed by atoms with Crippen molar-refractivity contribution in [2.45, 2.75) is 39.2 Å². The maximum Gasteiger partial charge on any atom is 1.00 e. The predicted octanol–water partition coefficient (Wildman–Crippen LogP) is -17.2. The van der Waals surface area contributed by atoms with E-state index >= 15 is 0 Å². The van der Waals surface area contributed by atoms with E-state index in [1.165, 1.54) is 24.3 Å². The smallest absolute Gasteiger partial charge is 0.744 e. The summed E-state index contributed by atoms with van der Waals surface area (Å²) in [7, 11) is -38.9. The van der Waals surface area contributed by atoms with Crippen LogP contribution in [0, 0.1) is 0 Å². The Morgan fingerprint density at radius 2 is 0.700 bits per heavy atom. The van der Waals surface area contributed by atoms with E-state index in [1.54, 1.807) is 0 Å². The first-order valence-corrected chi connectivity index (χ1v) is 37.9. The van der Waals surface area contributed by atoms with Crippen molar-refractivity contribution in [2.24, 2.45) is 20.5 Å². The van der Waals surface area contributed by atoms with Crippen molar-refractivity contribution in [3.63, 3.8) is 0 Å². The zero-order valence-corrected chi connectivity index (χ0v) is 80.8. The SMILES string of the molecule is O=S(=O)([O-])c1cc2c(S(=O)(=O)[O-])ccc(Nc3nc(Cl)nc(Nc4ccc(Nc5nc(Cl)nc(Nc6ccc(S(=O)(=O)[O-])c7cc(SOO[O-])c(N=Nc8ccc9c(S(=O)(=O)[O-])cccc9c8S(=O)(=O)[O-])c(O)c67)n5)cc4)n3)c2c(O)c1N=Nc1ccc2c(S(=O)(=O)[O-])cccc2c1S(=O)(=O)[O-].[Na+].[Na+].[Na+].[Na+].[Na+].[Na+].[Na+].[Na+]. The van der Waals surface area contributed by atoms with E-state index in [1.807, 2.05) is 0 Å². The first-order chi connectivity index (χ1) is 47.6. The number of azo groups is 2. The van der Waals surface area contributed by atoms with Crippen LogP contribution in [0.25, 0.3) is 43.1 Å². The number of aromatic hydroxyl groups is 2. The summed E-state index contributed by atoms with van der Waals surface area (Å²) in [4.78, 5) is 15.6. The standard InChI is InChI=1S/C52H34Cl2N14O26S8.8Na/c53-47-59-49(63-51(61-47)57-29-15-17-36(98(78,79)80)27-19-33(95-94-93-71)41(43(69)39(27)29)67-65-31-13-11-23-25(45(31)101(87,88)89)3-1-5-34(23)96(72,73)74)55-21-7-9-22(10-8-21)56-50-60-48(54)62-52(64-50)58-30-16-18-37(99(81,82)83)28-20-38(100(84,85)86)42(44(70)40(28)30)68-66-32-14-12-24-26(46(32)102(90,91)92)4-2-6-35(24)97(75,76)77;;;;;;;;/h1-20,69-71H,(H,72,73,74)(H,75,76,77)(H,78,79,80)(H,81,82,83)(H,84,85,86)(H,87,88,89)(H,90,91,92)(H2,55,57,59,61,63)(H2,56,58,60,62,64);;;;;;;;/q;8*+1/p-8. The van der Waals surface area contributed by atoms with E-state index in [9.17, 15) is 106 Å². The van der Waals surface area contributed by atoms with Gasteiger partial charge in [-0.05, 0) is 108 Å². The summed E-state index contributed by atoms with van der Waals surface area (Å²) in [5, 5.41) is 57.3. The molecule has 40 nitrogen and oxygen atoms in total. The Labute approximate surface area is 811 Å². The number of phenols is 2. The van der Waals surface area contributed by atoms with Crippen molar-refractivity contribution in [1.82, 2.24) is 29.9 Å². The van der Waals surface area contributed by atoms with E-state index in [-0.39, 0.29) is 277 Å². The number of hydrogen-bond donors (Lipinski definition) is 6. The molecule has 58 heteroatoms. The Morgan fingerprint density at radius 1 is 0.364 bits per heavy atom. The quantitative estimate of drug-likeness (QED) is 0.00916. The van der Waals surface area contributed by atoms with Gasteiger partial charge in [-0.3, -0.25) is 5.04 Å². The molecule has 530 valence electrons. The Morgan fingerprint density at radius 3 is 1.05 bits per heavy atom. The molecule has 9 aromatic carbocycles. The summed E-state index contributed by atoms with van der Waals surface area (Å²) in [6, 6.07) is 18.5. The van der Waals surface area contributed by atoms with E-state index in [0.717, 1.165) is 78.9 Å². The summed E-state index contributed by atoms with van der Waals surface area (Å²) in [6.07, 6.45) is 0. The van der Waals surface area contributed by atoms with Crippen LogP contribution < -0.4 is 263 Å². The average Bonchev–Trinajstić information content (AvgIpc) is 0.753. The van der Waals surface area contributed by atoms with Gasteiger partial charge in [-0.15, -0.1) is 20.5 Å². The van der Waals surface area contributed by atoms with Crippen molar-refractivity contribution in [3.05, 3.63) is 132 Å². The van der Waals surface area contributed by atoms with Gasteiger partial charge in [-0.1, -0.05) is 36.4 Å². The van der Waals surface area contributed by atoms with Gasteiger partial charge in [0.25, 0.3) is 0 Å². The zero-order chi connectivity index (χ0) is 74.1. The molecule has 0 aliphatic rings. The van der Waals surface area contributed by atoms with Crippen molar-refractivity contribution in [3.8, 4) is 11.5 Å². The van der Waals surface area contributed by atoms with Crippen LogP contribution in [0.1, 0.15) is 0 Å². The normalized spacial score (nSPS) is 11.9. The molecule has 0 aliphatic heterocycles. The van der Waals surface area contributed by atoms with Gasteiger partial charge in [-0.25, -0.2) is 58.9 Å². The van der Waals surface area contributed by atoms with Crippen molar-refractivity contribution >= 4 is 218 Å². The van der Waals surface area contributed by atoms with Crippen LogP contribution >= 0.6 is 35.2 Å². The molecule has 0 saturated heterocycles. The Kier molecular flexibility index (Phi) is 37.5. The first-order valence-electron chi connectivity index (χ1n) is 26.5. The van der Waals surface area contributed by atoms with Gasteiger partial charge in [0, 0.05) is 43.7 Å². The fourth-order valence-electron chi connectivity index (χ4n) is 9.98. The minimum atomic E-state index is -5.91. The topological polar surface area (TPSA) is 657 Å². The third kappa shape index (κ3) is 23.4. The van der Waals surface area contributed by atoms with Crippen LogP contribution in [0.4, 0.5) is 69.3 Å². The number of benzene rings is 9. The number of nitrogens with one attached hydrogen (secondary N) is 4. The summed E-state index contributed by atoms with van der Waals surface area (Å²) in [5.41, 5.74) is -4.40. The summed E-state index contributed by atoms with van der Waals surface area (Å²) < 4.78 is 266. The third-order valence-electron chi connectivity index (χ3n) is 13.9. The number of nitrogens with zero attached hydrogens (tertiary/aromatic N) is 10. The van der Waals surface area contributed by atoms with Gasteiger partial charge in [0.15, 0.2) is 11.5 Å². The largest absolute Gasteiger partial charge is 1.00 e. The monoisotopic (exact) mass is 1770 g/mol. The van der Waals surface area contributed by atoms with Crippen LogP contribution in [0.15, 0.2) is 181 Å². The molecule has 0 amide bonds. The van der Waals surface area contributed by atoms with Gasteiger partial charge in [0.2, 0.25) is 34.4 Å². The van der Waals surface area contributed by atoms with E-state index in [0.29, 0.717) is 18.2 Å². The minimum absolute atomic E-state index is 0. The van der Waals surface area contributed by atoms with Crippen molar-refractivity contribution < 1.29 is 352 Å². The fraction of sp³-hybridized carbons (Fsp3) is 0. The van der Waals surface area contributed by atoms with Gasteiger partial charge < -0.3 is 68.6 Å². The molecule has 0 fully saturated rings. The number of halogens is 2. The molecule has 0 unspecified atom stereocenters. The molecular weight excluding hydrogens is 1750 g/mol. The van der Waals surface area contributed by atoms with Gasteiger partial charge in [-0.2, -0.15) is 34.2 Å². The molecule has 2 aromatic heterocycles. The van der Waals surface area contributed by atoms with Gasteiger partial charge in [0.05, 0.1) is 73.4 Å². The molecule has 0 saturated carbocycles. The zero-order valence-electron chi connectivity index (χ0n) is 56.7. The van der Waals surface area contributed by atoms with E-state index in [2.05, 4.69) is 81.0 Å². The molecule has 6 N–H and O–H groups in total. The second-order valence-corrected chi connectivity index (χ2v) is 30.9. The van der Waals surface area contributed by atoms with Crippen LogP contribution in [0.3, 0.4) is 0 Å². The maximum absolute atomic E-state index is 12.8. The molecule has 0 spiro atoms. The van der Waals surface area contributed by atoms with Crippen molar-refractivity contribution in [2.75, 3.05) is 21.3 Å². The summed E-state index contributed by atoms with van der Waals surface area (Å²) in [6.45, 7) is 0. The average molecular weight is 1770 g/mol. The second kappa shape index (κ2) is 40.3. The van der Waals surface area contributed by atoms with Gasteiger partial charge >= 0.3 is 236 Å². The second-order valence-electron chi connectivity index (χ2n) is 20.1. The Balaban J connectivity index is 0.00000392. The number of rotatable bonds is 22. The first kappa shape index (κ1) is 102. The van der Waals surface area contributed by atoms with Gasteiger partial charge in [0.1, 0.15) is 93.6 Å². The number of aromatic nitrogens is 6. The number of hydrogen-bond acceptors (Lipinski definition) is 41. The number of phenolic OH excluding ortho intramolecular Hbond substituents is 2. The molecule has 0 radical (unpaired) electrons. The van der Waals surface area contributed by atoms with Crippen LogP contribution in [0.2, 0.25) is 10.6 Å². The number of fused-ring (bicyclic) bond motifs is 4. The number of anilines is 8. The molecular formula is C52H26Cl2N14Na8O26S8. The van der Waals surface area contributed by atoms with Crippen molar-refractivity contribution in [1.29, 1.82) is 0 Å². The van der Waals surface area contributed by atoms with E-state index in [4.69, 9.17) is 23.2 Å². The summed E-state index contributed by atoms with van der Waals surface area (Å²) in [5.74, 6) is -4.25. The summed E-state index contributed by atoms with van der Waals surface area (Å²) >= 11 is 12.5. The van der Waals surface area contributed by atoms with Crippen LogP contribution in [-0.2, 0) is 80.2 Å². The van der Waals surface area contributed by atoms with Crippen LogP contribution in [0.5, 0.6) is 11.5 Å². The third-order valence-corrected chi connectivity index (χ3v) is 21.1. The fourth-order valence-corrected chi connectivity index (χ4v) is 15.8. The Bertz CT molecular complexity index is 6400. The molecule has 11 aromatic rings. The molecule has 0 bridgehead atoms. The van der Waals surface area contributed by atoms with E-state index < -0.39 is 215 Å². The molecule has 11 rings (SSSR count). The molecule has 0 aliphatic carbocycles. The minimum Gasteiger partial charge on any atom is -0.744 e. The maximum atomic E-state index is 12.8. The Hall–Kier alpha value is -1.78.